The predicted octanol–water partition coefficient (Wildman–Crippen LogP) is 2.01. The van der Waals surface area contributed by atoms with Gasteiger partial charge in [-0.05, 0) is 60.7 Å². The molecule has 2 atom stereocenters. The summed E-state index contributed by atoms with van der Waals surface area (Å²) >= 11 is 0. The van der Waals surface area contributed by atoms with E-state index in [9.17, 15) is 24.0 Å². The largest absolute Gasteiger partial charge is 0.467 e. The van der Waals surface area contributed by atoms with Crippen LogP contribution in [-0.2, 0) is 19.1 Å². The molecule has 0 saturated heterocycles. The van der Waals surface area contributed by atoms with E-state index in [0.29, 0.717) is 31.4 Å². The predicted molar refractivity (Wildman–Crippen MR) is 184 cm³/mol. The van der Waals surface area contributed by atoms with E-state index in [4.69, 9.17) is 27.7 Å². The van der Waals surface area contributed by atoms with Gasteiger partial charge in [0.1, 0.15) is 6.04 Å². The Bertz CT molecular complexity index is 1680. The van der Waals surface area contributed by atoms with Crippen LogP contribution in [0.2, 0.25) is 0 Å². The van der Waals surface area contributed by atoms with Gasteiger partial charge in [0.15, 0.2) is 11.9 Å². The fourth-order valence-corrected chi connectivity index (χ4v) is 5.00. The summed E-state index contributed by atoms with van der Waals surface area (Å²) in [6.45, 7) is 0.535. The van der Waals surface area contributed by atoms with Crippen LogP contribution in [0.4, 0.5) is 5.69 Å². The second-order valence-electron chi connectivity index (χ2n) is 11.1. The fraction of sp³-hybridized carbons (Fsp3) is 0.324. The van der Waals surface area contributed by atoms with E-state index in [1.165, 1.54) is 19.2 Å². The Hall–Kier alpha value is -5.79. The number of nitrogens with zero attached hydrogens (tertiary/aromatic N) is 2. The number of anilines is 1. The summed E-state index contributed by atoms with van der Waals surface area (Å²) in [6.07, 6.45) is 1.24. The number of rotatable bonds is 18. The summed E-state index contributed by atoms with van der Waals surface area (Å²) in [4.78, 5) is 73.8. The number of para-hydroxylation sites is 1. The molecule has 0 fully saturated rings. The van der Waals surface area contributed by atoms with Crippen LogP contribution in [0.5, 0.6) is 0 Å². The molecule has 2 unspecified atom stereocenters. The average Bonchev–Trinajstić information content (AvgIpc) is 3.07. The maximum absolute atomic E-state index is 13.5. The number of nitrogens with one attached hydrogen (secondary N) is 2. The van der Waals surface area contributed by atoms with Gasteiger partial charge >= 0.3 is 5.97 Å². The van der Waals surface area contributed by atoms with Crippen LogP contribution < -0.4 is 33.6 Å². The zero-order valence-corrected chi connectivity index (χ0v) is 26.8. The number of amides is 2. The Morgan fingerprint density at radius 2 is 1.42 bits per heavy atom. The summed E-state index contributed by atoms with van der Waals surface area (Å²) in [5.74, 6) is -4.60. The summed E-state index contributed by atoms with van der Waals surface area (Å²) in [5.41, 5.74) is 22.0. The van der Waals surface area contributed by atoms with Gasteiger partial charge in [-0.1, -0.05) is 48.9 Å². The molecule has 0 saturated carbocycles. The number of carbonyl (C=O) groups excluding carboxylic acids is 5. The first kappa shape index (κ1) is 36.7. The molecule has 10 N–H and O–H groups in total. The lowest BCUT2D eigenvalue weighted by Gasteiger charge is -2.21. The normalized spacial score (nSPS) is 11.9. The van der Waals surface area contributed by atoms with Crippen molar-refractivity contribution in [3.05, 3.63) is 77.9 Å². The number of ketones is 2. The Balaban J connectivity index is 1.76. The van der Waals surface area contributed by atoms with Crippen molar-refractivity contribution in [1.82, 2.24) is 5.32 Å². The molecule has 3 aromatic carbocycles. The number of unbranched alkanes of at least 4 members (excludes halogenated alkanes) is 1. The van der Waals surface area contributed by atoms with Crippen molar-refractivity contribution in [3.8, 4) is 0 Å². The van der Waals surface area contributed by atoms with E-state index in [0.717, 1.165) is 10.8 Å². The van der Waals surface area contributed by atoms with Crippen LogP contribution in [0.25, 0.3) is 10.8 Å². The molecular weight excluding hydrogens is 616 g/mol. The number of nitrogens with two attached hydrogens (primary N) is 4. The fourth-order valence-electron chi connectivity index (χ4n) is 5.00. The van der Waals surface area contributed by atoms with E-state index in [1.54, 1.807) is 24.3 Å². The number of methoxy groups -OCH3 is 1. The highest BCUT2D eigenvalue weighted by molar-refractivity contribution is 6.45. The van der Waals surface area contributed by atoms with Crippen molar-refractivity contribution in [2.24, 2.45) is 38.8 Å². The minimum absolute atomic E-state index is 0.0178. The number of carbonyl (C=O) groups is 5. The minimum Gasteiger partial charge on any atom is -0.467 e. The number of Topliss-reactive ketones (excluding diaryl/α,β-unsaturated/α-hetero) is 2. The topological polar surface area (TPSA) is 247 Å². The van der Waals surface area contributed by atoms with E-state index in [-0.39, 0.29) is 42.6 Å². The van der Waals surface area contributed by atoms with Gasteiger partial charge < -0.3 is 38.3 Å². The highest BCUT2D eigenvalue weighted by atomic mass is 16.5. The third kappa shape index (κ3) is 11.2. The van der Waals surface area contributed by atoms with Crippen LogP contribution in [0.1, 0.15) is 59.2 Å². The van der Waals surface area contributed by atoms with Crippen molar-refractivity contribution in [2.45, 2.75) is 44.6 Å². The first-order chi connectivity index (χ1) is 23.0. The number of aliphatic imine (C=N–C) groups is 2. The first-order valence-corrected chi connectivity index (χ1v) is 15.5. The first-order valence-electron chi connectivity index (χ1n) is 15.5. The van der Waals surface area contributed by atoms with Crippen LogP contribution in [-0.4, -0.2) is 67.5 Å². The number of guanidine groups is 2. The molecule has 0 aromatic heterocycles. The minimum atomic E-state index is -1.03. The molecule has 48 heavy (non-hydrogen) atoms. The second-order valence-corrected chi connectivity index (χ2v) is 11.1. The molecule has 3 rings (SSSR count). The number of esters is 1. The number of benzene rings is 3. The van der Waals surface area contributed by atoms with Crippen molar-refractivity contribution in [3.63, 3.8) is 0 Å². The van der Waals surface area contributed by atoms with Gasteiger partial charge in [0, 0.05) is 36.6 Å². The lowest BCUT2D eigenvalue weighted by atomic mass is 9.91. The molecule has 14 heteroatoms. The summed E-state index contributed by atoms with van der Waals surface area (Å²) in [7, 11) is 1.19. The molecule has 3 aromatic rings. The number of hydrogen-bond acceptors (Lipinski definition) is 8. The SMILES string of the molecule is COC(=O)C(CCCN=C(N)N)NC(=O)C(CCCCN=C(N)N)CC(=O)C(=O)c1ccccc1NC(=O)c1ccc2ccccc2c1. The quantitative estimate of drug-likeness (QED) is 0.0290. The maximum atomic E-state index is 13.5. The molecular formula is C34H42N8O6. The van der Waals surface area contributed by atoms with Crippen molar-refractivity contribution in [2.75, 3.05) is 25.5 Å². The third-order valence-corrected chi connectivity index (χ3v) is 7.49. The van der Waals surface area contributed by atoms with Gasteiger partial charge in [-0.3, -0.25) is 29.2 Å². The molecule has 0 spiro atoms. The molecule has 0 aliphatic heterocycles. The van der Waals surface area contributed by atoms with Crippen LogP contribution in [0.3, 0.4) is 0 Å². The molecule has 0 radical (unpaired) electrons. The summed E-state index contributed by atoms with van der Waals surface area (Å²) in [6, 6.07) is 17.9. The standard InChI is InChI=1S/C34H42N8O6/c1-48-32(47)27(14-8-18-40-34(37)38)42-30(45)23(11-6-7-17-39-33(35)36)20-28(43)29(44)25-12-4-5-13-26(25)41-31(46)24-16-15-21-9-2-3-10-22(21)19-24/h2-5,9-10,12-13,15-16,19,23,27H,6-8,11,14,17-18,20H2,1H3,(H,41,46)(H,42,45)(H4,35,36,39)(H4,37,38,40). The highest BCUT2D eigenvalue weighted by Gasteiger charge is 2.30. The van der Waals surface area contributed by atoms with Gasteiger partial charge in [-0.2, -0.15) is 0 Å². The molecule has 2 amide bonds. The van der Waals surface area contributed by atoms with Gasteiger partial charge in [0.05, 0.1) is 12.8 Å². The monoisotopic (exact) mass is 658 g/mol. The highest BCUT2D eigenvalue weighted by Crippen LogP contribution is 2.22. The summed E-state index contributed by atoms with van der Waals surface area (Å²) < 4.78 is 4.85. The smallest absolute Gasteiger partial charge is 0.328 e. The maximum Gasteiger partial charge on any atom is 0.328 e. The van der Waals surface area contributed by atoms with Crippen molar-refractivity contribution >= 4 is 57.7 Å². The molecule has 0 bridgehead atoms. The lowest BCUT2D eigenvalue weighted by Crippen LogP contribution is -2.45. The zero-order valence-electron chi connectivity index (χ0n) is 26.8. The Morgan fingerprint density at radius 3 is 2.10 bits per heavy atom. The summed E-state index contributed by atoms with van der Waals surface area (Å²) in [5, 5.41) is 7.23. The molecule has 0 aliphatic rings. The van der Waals surface area contributed by atoms with Crippen LogP contribution >= 0.6 is 0 Å². The van der Waals surface area contributed by atoms with E-state index >= 15 is 0 Å². The second kappa shape index (κ2) is 18.4. The molecule has 14 nitrogen and oxygen atoms in total. The van der Waals surface area contributed by atoms with Crippen LogP contribution in [0, 0.1) is 5.92 Å². The van der Waals surface area contributed by atoms with Crippen molar-refractivity contribution < 1.29 is 28.7 Å². The third-order valence-electron chi connectivity index (χ3n) is 7.49. The molecule has 254 valence electrons. The Labute approximate surface area is 278 Å². The van der Waals surface area contributed by atoms with Gasteiger partial charge in [0.2, 0.25) is 17.5 Å². The van der Waals surface area contributed by atoms with E-state index < -0.39 is 47.7 Å². The van der Waals surface area contributed by atoms with Gasteiger partial charge in [-0.15, -0.1) is 0 Å². The van der Waals surface area contributed by atoms with Gasteiger partial charge in [0.25, 0.3) is 5.91 Å². The van der Waals surface area contributed by atoms with Gasteiger partial charge in [-0.25, -0.2) is 4.79 Å². The average molecular weight is 659 g/mol. The Kier molecular flexibility index (Phi) is 14.0. The lowest BCUT2D eigenvalue weighted by molar-refractivity contribution is -0.146. The van der Waals surface area contributed by atoms with E-state index in [2.05, 4.69) is 20.6 Å². The van der Waals surface area contributed by atoms with Crippen molar-refractivity contribution in [1.29, 1.82) is 0 Å². The van der Waals surface area contributed by atoms with Crippen LogP contribution in [0.15, 0.2) is 76.7 Å². The number of fused-ring (bicyclic) bond motifs is 1. The number of ether oxygens (including phenoxy) is 1. The van der Waals surface area contributed by atoms with E-state index in [1.807, 2.05) is 30.3 Å². The molecule has 0 heterocycles. The molecule has 0 aliphatic carbocycles. The Morgan fingerprint density at radius 1 is 0.771 bits per heavy atom. The number of hydrogen-bond donors (Lipinski definition) is 6. The zero-order chi connectivity index (χ0) is 35.1.